The van der Waals surface area contributed by atoms with E-state index in [4.69, 9.17) is 0 Å². The van der Waals surface area contributed by atoms with Crippen LogP contribution in [0.2, 0.25) is 0 Å². The summed E-state index contributed by atoms with van der Waals surface area (Å²) in [6.07, 6.45) is 1.96. The summed E-state index contributed by atoms with van der Waals surface area (Å²) in [5.41, 5.74) is -0.440. The maximum atomic E-state index is 12.8. The number of nitro groups is 2. The van der Waals surface area contributed by atoms with Crippen molar-refractivity contribution in [3.63, 3.8) is 0 Å². The molecule has 3 aromatic rings. The number of pyridine rings is 1. The topological polar surface area (TPSA) is 154 Å². The van der Waals surface area contributed by atoms with E-state index >= 15 is 0 Å². The van der Waals surface area contributed by atoms with Crippen LogP contribution in [0.4, 0.5) is 17.1 Å². The van der Waals surface area contributed by atoms with Crippen LogP contribution >= 0.6 is 0 Å². The molecular formula is C19H16N4O7S. The largest absolute Gasteiger partial charge is 0.332 e. The molecule has 0 aliphatic heterocycles. The molecule has 31 heavy (non-hydrogen) atoms. The predicted octanol–water partition coefficient (Wildman–Crippen LogP) is 3.07. The van der Waals surface area contributed by atoms with Crippen molar-refractivity contribution < 1.29 is 18.3 Å². The van der Waals surface area contributed by atoms with E-state index in [1.165, 1.54) is 0 Å². The summed E-state index contributed by atoms with van der Waals surface area (Å²) < 4.78 is 29.0. The standard InChI is InChI=1S/C19H16N4O7S/c1-12-3-5-15(13(2)9-12)20-31(29,30)14-4-6-16(17(10-14)22(25)26)21-8-7-19(24)18(11-21)23(27)28/h3-11,20H,1-2H3. The number of rotatable bonds is 6. The average molecular weight is 444 g/mol. The molecule has 0 aliphatic rings. The van der Waals surface area contributed by atoms with Crippen LogP contribution in [-0.2, 0) is 10.0 Å². The van der Waals surface area contributed by atoms with Crippen LogP contribution in [0, 0.1) is 34.1 Å². The molecule has 0 amide bonds. The number of hydrogen-bond acceptors (Lipinski definition) is 7. The molecule has 11 nitrogen and oxygen atoms in total. The zero-order valence-corrected chi connectivity index (χ0v) is 17.1. The van der Waals surface area contributed by atoms with Crippen molar-refractivity contribution in [3.8, 4) is 5.69 Å². The van der Waals surface area contributed by atoms with Gasteiger partial charge in [0.05, 0.1) is 26.6 Å². The molecule has 0 radical (unpaired) electrons. The summed E-state index contributed by atoms with van der Waals surface area (Å²) in [6.45, 7) is 3.58. The van der Waals surface area contributed by atoms with Crippen molar-refractivity contribution >= 4 is 27.1 Å². The van der Waals surface area contributed by atoms with Crippen LogP contribution in [0.25, 0.3) is 5.69 Å². The highest BCUT2D eigenvalue weighted by atomic mass is 32.2. The summed E-state index contributed by atoms with van der Waals surface area (Å²) in [7, 11) is -4.15. The van der Waals surface area contributed by atoms with Gasteiger partial charge >= 0.3 is 5.69 Å². The second-order valence-electron chi connectivity index (χ2n) is 6.69. The van der Waals surface area contributed by atoms with E-state index in [0.29, 0.717) is 11.3 Å². The van der Waals surface area contributed by atoms with Crippen LogP contribution in [-0.4, -0.2) is 22.8 Å². The van der Waals surface area contributed by atoms with E-state index in [2.05, 4.69) is 4.72 Å². The quantitative estimate of drug-likeness (QED) is 0.452. The van der Waals surface area contributed by atoms with E-state index in [9.17, 15) is 33.4 Å². The molecule has 0 bridgehead atoms. The summed E-state index contributed by atoms with van der Waals surface area (Å²) in [6, 6.07) is 9.12. The van der Waals surface area contributed by atoms with Crippen molar-refractivity contribution in [2.75, 3.05) is 4.72 Å². The highest BCUT2D eigenvalue weighted by molar-refractivity contribution is 7.92. The molecule has 0 aliphatic carbocycles. The van der Waals surface area contributed by atoms with Gasteiger partial charge in [-0.05, 0) is 37.6 Å². The molecule has 0 fully saturated rings. The molecular weight excluding hydrogens is 428 g/mol. The first kappa shape index (κ1) is 21.6. The molecule has 1 heterocycles. The Balaban J connectivity index is 2.08. The van der Waals surface area contributed by atoms with Crippen molar-refractivity contribution in [2.45, 2.75) is 18.7 Å². The lowest BCUT2D eigenvalue weighted by molar-refractivity contribution is -0.386. The smallest absolute Gasteiger partial charge is 0.311 e. The molecule has 2 aromatic carbocycles. The van der Waals surface area contributed by atoms with Gasteiger partial charge in [-0.25, -0.2) is 8.42 Å². The number of nitrogens with zero attached hydrogens (tertiary/aromatic N) is 3. The van der Waals surface area contributed by atoms with E-state index in [1.54, 1.807) is 25.1 Å². The monoisotopic (exact) mass is 444 g/mol. The first-order chi connectivity index (χ1) is 14.5. The Morgan fingerprint density at radius 2 is 1.61 bits per heavy atom. The third-order valence-electron chi connectivity index (χ3n) is 4.46. The Hall–Kier alpha value is -4.06. The van der Waals surface area contributed by atoms with Gasteiger partial charge in [0, 0.05) is 18.3 Å². The minimum atomic E-state index is -4.15. The third kappa shape index (κ3) is 4.43. The Kier molecular flexibility index (Phi) is 5.58. The number of aryl methyl sites for hydroxylation is 2. The number of nitrogens with one attached hydrogen (secondary N) is 1. The van der Waals surface area contributed by atoms with Crippen molar-refractivity contribution in [1.29, 1.82) is 0 Å². The first-order valence-electron chi connectivity index (χ1n) is 8.75. The van der Waals surface area contributed by atoms with Gasteiger partial charge in [0.25, 0.3) is 21.1 Å². The number of sulfonamides is 1. The summed E-state index contributed by atoms with van der Waals surface area (Å²) in [4.78, 5) is 32.1. The highest BCUT2D eigenvalue weighted by Crippen LogP contribution is 2.28. The SMILES string of the molecule is Cc1ccc(NS(=O)(=O)c2ccc(-n3ccc(=O)c([N+](=O)[O-])c3)c([N+](=O)[O-])c2)c(C)c1. The Morgan fingerprint density at radius 3 is 2.23 bits per heavy atom. The zero-order valence-electron chi connectivity index (χ0n) is 16.3. The van der Waals surface area contributed by atoms with Gasteiger partial charge in [-0.3, -0.25) is 29.7 Å². The lowest BCUT2D eigenvalue weighted by atomic mass is 10.1. The lowest BCUT2D eigenvalue weighted by Crippen LogP contribution is -2.15. The molecule has 160 valence electrons. The van der Waals surface area contributed by atoms with Gasteiger partial charge < -0.3 is 4.57 Å². The van der Waals surface area contributed by atoms with Gasteiger partial charge in [-0.2, -0.15) is 0 Å². The molecule has 0 saturated carbocycles. The maximum absolute atomic E-state index is 12.8. The molecule has 0 saturated heterocycles. The van der Waals surface area contributed by atoms with Crippen molar-refractivity contribution in [1.82, 2.24) is 4.57 Å². The van der Waals surface area contributed by atoms with Gasteiger partial charge in [0.15, 0.2) is 0 Å². The third-order valence-corrected chi connectivity index (χ3v) is 5.82. The fourth-order valence-corrected chi connectivity index (χ4v) is 4.08. The Morgan fingerprint density at radius 1 is 0.935 bits per heavy atom. The van der Waals surface area contributed by atoms with Crippen LogP contribution in [0.1, 0.15) is 11.1 Å². The van der Waals surface area contributed by atoms with Crippen molar-refractivity contribution in [3.05, 3.63) is 96.4 Å². The molecule has 3 rings (SSSR count). The van der Waals surface area contributed by atoms with Crippen LogP contribution in [0.15, 0.2) is 64.5 Å². The fraction of sp³-hybridized carbons (Fsp3) is 0.105. The van der Waals surface area contributed by atoms with Crippen molar-refractivity contribution in [2.24, 2.45) is 0 Å². The molecule has 1 N–H and O–H groups in total. The van der Waals surface area contributed by atoms with Gasteiger partial charge in [-0.15, -0.1) is 0 Å². The predicted molar refractivity (Wildman–Crippen MR) is 112 cm³/mol. The first-order valence-corrected chi connectivity index (χ1v) is 10.2. The average Bonchev–Trinajstić information content (AvgIpc) is 2.69. The highest BCUT2D eigenvalue weighted by Gasteiger charge is 2.24. The van der Waals surface area contributed by atoms with Crippen LogP contribution in [0.3, 0.4) is 0 Å². The molecule has 1 aromatic heterocycles. The van der Waals surface area contributed by atoms with Gasteiger partial charge in [0.1, 0.15) is 5.69 Å². The molecule has 0 unspecified atom stereocenters. The maximum Gasteiger partial charge on any atom is 0.332 e. The van der Waals surface area contributed by atoms with Crippen LogP contribution < -0.4 is 10.2 Å². The summed E-state index contributed by atoms with van der Waals surface area (Å²) in [5, 5.41) is 22.6. The molecule has 0 atom stereocenters. The second-order valence-corrected chi connectivity index (χ2v) is 8.37. The number of hydrogen-bond donors (Lipinski definition) is 1. The fourth-order valence-electron chi connectivity index (χ4n) is 2.93. The van der Waals surface area contributed by atoms with E-state index in [0.717, 1.165) is 46.8 Å². The Labute approximate surface area is 175 Å². The van der Waals surface area contributed by atoms with E-state index in [-0.39, 0.29) is 10.6 Å². The number of aromatic nitrogens is 1. The van der Waals surface area contributed by atoms with E-state index < -0.39 is 36.7 Å². The number of benzene rings is 2. The van der Waals surface area contributed by atoms with Gasteiger partial charge in [0.2, 0.25) is 0 Å². The number of nitro benzene ring substituents is 1. The molecule has 0 spiro atoms. The van der Waals surface area contributed by atoms with E-state index in [1.807, 2.05) is 6.92 Å². The number of anilines is 1. The second kappa shape index (κ2) is 7.99. The van der Waals surface area contributed by atoms with Gasteiger partial charge in [-0.1, -0.05) is 17.7 Å². The minimum Gasteiger partial charge on any atom is -0.311 e. The summed E-state index contributed by atoms with van der Waals surface area (Å²) in [5.74, 6) is 0. The zero-order chi connectivity index (χ0) is 22.9. The Bertz CT molecular complexity index is 1380. The normalized spacial score (nSPS) is 11.2. The minimum absolute atomic E-state index is 0.140. The van der Waals surface area contributed by atoms with Crippen LogP contribution in [0.5, 0.6) is 0 Å². The summed E-state index contributed by atoms with van der Waals surface area (Å²) >= 11 is 0. The lowest BCUT2D eigenvalue weighted by Gasteiger charge is -2.12. The molecule has 12 heteroatoms.